The number of hydrogen-bond acceptors (Lipinski definition) is 6. The Morgan fingerprint density at radius 1 is 1.28 bits per heavy atom. The second-order valence-corrected chi connectivity index (χ2v) is 6.36. The summed E-state index contributed by atoms with van der Waals surface area (Å²) in [5.41, 5.74) is -1.18. The van der Waals surface area contributed by atoms with Crippen molar-refractivity contribution in [3.05, 3.63) is 28.5 Å². The lowest BCUT2D eigenvalue weighted by atomic mass is 9.75. The van der Waals surface area contributed by atoms with Crippen molar-refractivity contribution in [3.8, 4) is 17.2 Å². The summed E-state index contributed by atoms with van der Waals surface area (Å²) in [6.07, 6.45) is 1.49. The number of Topliss-reactive ketones (excluding diaryl/α,β-unsaturated/α-hetero) is 1. The monoisotopic (exact) mass is 366 g/mol. The Morgan fingerprint density at radius 2 is 2.00 bits per heavy atom. The molecule has 1 aromatic rings. The van der Waals surface area contributed by atoms with E-state index in [4.69, 9.17) is 30.5 Å². The lowest BCUT2D eigenvalue weighted by molar-refractivity contribution is -0.118. The van der Waals surface area contributed by atoms with Crippen LogP contribution in [0.2, 0.25) is 5.02 Å². The fourth-order valence-corrected chi connectivity index (χ4v) is 3.67. The molecule has 0 saturated carbocycles. The van der Waals surface area contributed by atoms with Gasteiger partial charge in [-0.1, -0.05) is 18.5 Å². The summed E-state index contributed by atoms with van der Waals surface area (Å²) < 4.78 is 22.3. The van der Waals surface area contributed by atoms with Gasteiger partial charge in [-0.05, 0) is 6.92 Å². The van der Waals surface area contributed by atoms with Crippen LogP contribution >= 0.6 is 11.6 Å². The first-order valence-corrected chi connectivity index (χ1v) is 8.34. The molecule has 7 heteroatoms. The van der Waals surface area contributed by atoms with Crippen LogP contribution in [0.4, 0.5) is 0 Å². The minimum Gasteiger partial charge on any atom is -0.496 e. The van der Waals surface area contributed by atoms with Crippen LogP contribution < -0.4 is 14.2 Å². The molecule has 0 aromatic heterocycles. The summed E-state index contributed by atoms with van der Waals surface area (Å²) in [4.78, 5) is 25.3. The summed E-state index contributed by atoms with van der Waals surface area (Å²) in [5.74, 6) is 0.181. The van der Waals surface area contributed by atoms with Gasteiger partial charge < -0.3 is 18.9 Å². The number of rotatable bonds is 4. The molecule has 2 atom stereocenters. The van der Waals surface area contributed by atoms with E-state index in [1.165, 1.54) is 20.3 Å². The second kappa shape index (κ2) is 6.26. The molecule has 0 radical (unpaired) electrons. The van der Waals surface area contributed by atoms with Crippen molar-refractivity contribution in [2.45, 2.75) is 25.9 Å². The Hall–Kier alpha value is -2.21. The summed E-state index contributed by atoms with van der Waals surface area (Å²) in [6.45, 7) is 3.95. The maximum atomic E-state index is 13.4. The molecule has 1 aliphatic heterocycles. The standard InChI is InChI=1S/C18H19ClO6/c1-5-24-11-8-12(22-3)15(19)16-14(11)17(21)18(25-16)9(2)6-10(20)7-13(18)23-4/h7-9H,5-6H2,1-4H3/t9-,18+/m1/s1. The molecule has 0 bridgehead atoms. The van der Waals surface area contributed by atoms with Crippen LogP contribution in [0.3, 0.4) is 0 Å². The zero-order valence-corrected chi connectivity index (χ0v) is 15.2. The fraction of sp³-hybridized carbons (Fsp3) is 0.444. The Balaban J connectivity index is 2.24. The number of ether oxygens (including phenoxy) is 4. The molecule has 3 rings (SSSR count). The van der Waals surface area contributed by atoms with Crippen molar-refractivity contribution in [2.75, 3.05) is 20.8 Å². The second-order valence-electron chi connectivity index (χ2n) is 5.98. The predicted molar refractivity (Wildman–Crippen MR) is 90.7 cm³/mol. The third-order valence-electron chi connectivity index (χ3n) is 4.58. The van der Waals surface area contributed by atoms with E-state index in [2.05, 4.69) is 0 Å². The summed E-state index contributed by atoms with van der Waals surface area (Å²) in [5, 5.41) is 0.186. The topological polar surface area (TPSA) is 71.1 Å². The first-order valence-electron chi connectivity index (χ1n) is 7.96. The van der Waals surface area contributed by atoms with Gasteiger partial charge in [0, 0.05) is 24.5 Å². The van der Waals surface area contributed by atoms with Crippen molar-refractivity contribution in [2.24, 2.45) is 5.92 Å². The zero-order chi connectivity index (χ0) is 18.4. The van der Waals surface area contributed by atoms with Crippen LogP contribution in [0.5, 0.6) is 17.2 Å². The number of methoxy groups -OCH3 is 2. The van der Waals surface area contributed by atoms with Gasteiger partial charge in [0.1, 0.15) is 22.1 Å². The highest BCUT2D eigenvalue weighted by molar-refractivity contribution is 6.35. The van der Waals surface area contributed by atoms with Gasteiger partial charge in [-0.3, -0.25) is 9.59 Å². The molecule has 0 saturated heterocycles. The largest absolute Gasteiger partial charge is 0.496 e. The van der Waals surface area contributed by atoms with Crippen LogP contribution in [0.1, 0.15) is 30.6 Å². The van der Waals surface area contributed by atoms with Crippen molar-refractivity contribution < 1.29 is 28.5 Å². The number of carbonyl (C=O) groups is 2. The number of hydrogen-bond donors (Lipinski definition) is 0. The maximum absolute atomic E-state index is 13.4. The number of fused-ring (bicyclic) bond motifs is 1. The number of carbonyl (C=O) groups excluding carboxylic acids is 2. The molecule has 1 aliphatic carbocycles. The molecule has 2 aliphatic rings. The lowest BCUT2D eigenvalue weighted by Crippen LogP contribution is -2.51. The fourth-order valence-electron chi connectivity index (χ4n) is 3.41. The molecule has 134 valence electrons. The van der Waals surface area contributed by atoms with Crippen molar-refractivity contribution in [3.63, 3.8) is 0 Å². The SMILES string of the molecule is CCOc1cc(OC)c(Cl)c2c1C(=O)[C@@]1(O2)C(OC)=CC(=O)C[C@H]1C. The van der Waals surface area contributed by atoms with E-state index in [0.717, 1.165) is 0 Å². The van der Waals surface area contributed by atoms with Gasteiger partial charge in [0.05, 0.1) is 20.8 Å². The number of benzene rings is 1. The van der Waals surface area contributed by atoms with E-state index < -0.39 is 11.5 Å². The van der Waals surface area contributed by atoms with Gasteiger partial charge >= 0.3 is 0 Å². The predicted octanol–water partition coefficient (Wildman–Crippen LogP) is 3.20. The number of allylic oxidation sites excluding steroid dienone is 1. The average molecular weight is 367 g/mol. The first-order chi connectivity index (χ1) is 11.9. The van der Waals surface area contributed by atoms with Crippen LogP contribution in [-0.2, 0) is 9.53 Å². The maximum Gasteiger partial charge on any atom is 0.231 e. The van der Waals surface area contributed by atoms with Crippen LogP contribution in [0.15, 0.2) is 17.9 Å². The minimum atomic E-state index is -1.42. The molecule has 25 heavy (non-hydrogen) atoms. The van der Waals surface area contributed by atoms with Crippen LogP contribution in [0.25, 0.3) is 0 Å². The van der Waals surface area contributed by atoms with Crippen molar-refractivity contribution in [1.29, 1.82) is 0 Å². The smallest absolute Gasteiger partial charge is 0.231 e. The highest BCUT2D eigenvalue weighted by atomic mass is 35.5. The summed E-state index contributed by atoms with van der Waals surface area (Å²) >= 11 is 6.38. The molecule has 0 fully saturated rings. The molecule has 1 heterocycles. The molecular formula is C18H19ClO6. The van der Waals surface area contributed by atoms with Gasteiger partial charge in [0.2, 0.25) is 11.4 Å². The Bertz CT molecular complexity index is 784. The van der Waals surface area contributed by atoms with E-state index in [-0.39, 0.29) is 40.1 Å². The molecule has 0 N–H and O–H groups in total. The van der Waals surface area contributed by atoms with Gasteiger partial charge in [0.25, 0.3) is 0 Å². The van der Waals surface area contributed by atoms with Gasteiger partial charge in [0.15, 0.2) is 17.3 Å². The Labute approximate surface area is 150 Å². The van der Waals surface area contributed by atoms with Crippen LogP contribution in [-0.4, -0.2) is 38.0 Å². The Kier molecular flexibility index (Phi) is 4.41. The molecule has 0 unspecified atom stereocenters. The highest BCUT2D eigenvalue weighted by Gasteiger charge is 2.59. The lowest BCUT2D eigenvalue weighted by Gasteiger charge is -2.36. The zero-order valence-electron chi connectivity index (χ0n) is 14.5. The molecular weight excluding hydrogens is 348 g/mol. The van der Waals surface area contributed by atoms with Gasteiger partial charge in [-0.2, -0.15) is 0 Å². The third kappa shape index (κ3) is 2.39. The summed E-state index contributed by atoms with van der Waals surface area (Å²) in [7, 11) is 2.88. The van der Waals surface area contributed by atoms with E-state index in [0.29, 0.717) is 18.1 Å². The van der Waals surface area contributed by atoms with Crippen molar-refractivity contribution >= 4 is 23.2 Å². The van der Waals surface area contributed by atoms with E-state index in [9.17, 15) is 9.59 Å². The molecule has 1 spiro atoms. The molecule has 0 amide bonds. The van der Waals surface area contributed by atoms with Gasteiger partial charge in [-0.25, -0.2) is 0 Å². The van der Waals surface area contributed by atoms with E-state index >= 15 is 0 Å². The quantitative estimate of drug-likeness (QED) is 0.815. The molecule has 1 aromatic carbocycles. The van der Waals surface area contributed by atoms with Crippen molar-refractivity contribution in [1.82, 2.24) is 0 Å². The normalized spacial score (nSPS) is 24.7. The van der Waals surface area contributed by atoms with Crippen LogP contribution in [0, 0.1) is 5.92 Å². The summed E-state index contributed by atoms with van der Waals surface area (Å²) in [6, 6.07) is 1.57. The van der Waals surface area contributed by atoms with E-state index in [1.807, 2.05) is 6.92 Å². The van der Waals surface area contributed by atoms with Gasteiger partial charge in [-0.15, -0.1) is 0 Å². The average Bonchev–Trinajstić information content (AvgIpc) is 2.89. The van der Waals surface area contributed by atoms with E-state index in [1.54, 1.807) is 13.0 Å². The molecule has 6 nitrogen and oxygen atoms in total. The first kappa shape index (κ1) is 17.6. The highest BCUT2D eigenvalue weighted by Crippen LogP contribution is 2.54. The number of halogens is 1. The third-order valence-corrected chi connectivity index (χ3v) is 4.94. The number of ketones is 2. The Morgan fingerprint density at radius 3 is 2.60 bits per heavy atom. The minimum absolute atomic E-state index is 0.115.